The van der Waals surface area contributed by atoms with E-state index in [9.17, 15) is 19.5 Å². The first-order valence-corrected chi connectivity index (χ1v) is 11.8. The number of imide groups is 1. The molecular formula is C24H35N3O5. The van der Waals surface area contributed by atoms with E-state index in [2.05, 4.69) is 10.6 Å². The molecule has 0 aromatic heterocycles. The van der Waals surface area contributed by atoms with Crippen LogP contribution in [0.2, 0.25) is 0 Å². The molecule has 1 aromatic rings. The topological polar surface area (TPSA) is 108 Å². The Bertz CT molecular complexity index is 745. The third-order valence-corrected chi connectivity index (χ3v) is 6.31. The van der Waals surface area contributed by atoms with Gasteiger partial charge in [-0.25, -0.2) is 9.59 Å². The van der Waals surface area contributed by atoms with E-state index in [4.69, 9.17) is 4.74 Å². The Morgan fingerprint density at radius 1 is 0.969 bits per heavy atom. The van der Waals surface area contributed by atoms with Gasteiger partial charge in [0.05, 0.1) is 6.61 Å². The number of aliphatic hydroxyl groups excluding tert-OH is 1. The van der Waals surface area contributed by atoms with Gasteiger partial charge in [0.15, 0.2) is 0 Å². The maximum atomic E-state index is 13.3. The molecule has 1 unspecified atom stereocenters. The van der Waals surface area contributed by atoms with Gasteiger partial charge in [-0.05, 0) is 31.2 Å². The maximum absolute atomic E-state index is 13.3. The lowest BCUT2D eigenvalue weighted by Crippen LogP contribution is -2.59. The monoisotopic (exact) mass is 445 g/mol. The number of alkyl carbamates (subject to hydrolysis) is 1. The SMILES string of the molecule is O=C(NC(CO)C(=O)N(C(=O)NC1CCCCC1)C1CCCCC1)OCc1ccccc1. The molecule has 4 amide bonds. The van der Waals surface area contributed by atoms with Crippen LogP contribution in [0.4, 0.5) is 9.59 Å². The summed E-state index contributed by atoms with van der Waals surface area (Å²) in [6.45, 7) is -0.563. The van der Waals surface area contributed by atoms with Gasteiger partial charge < -0.3 is 20.5 Å². The Balaban J connectivity index is 1.63. The van der Waals surface area contributed by atoms with Crippen LogP contribution >= 0.6 is 0 Å². The molecule has 2 saturated carbocycles. The van der Waals surface area contributed by atoms with Crippen molar-refractivity contribution in [3.8, 4) is 0 Å². The quantitative estimate of drug-likeness (QED) is 0.596. The van der Waals surface area contributed by atoms with Crippen molar-refractivity contribution in [2.24, 2.45) is 0 Å². The lowest BCUT2D eigenvalue weighted by atomic mass is 9.93. The Labute approximate surface area is 189 Å². The highest BCUT2D eigenvalue weighted by Crippen LogP contribution is 2.24. The highest BCUT2D eigenvalue weighted by molar-refractivity contribution is 5.98. The second-order valence-corrected chi connectivity index (χ2v) is 8.73. The number of nitrogens with zero attached hydrogens (tertiary/aromatic N) is 1. The lowest BCUT2D eigenvalue weighted by molar-refractivity contribution is -0.133. The minimum absolute atomic E-state index is 0.0491. The fraction of sp³-hybridized carbons (Fsp3) is 0.625. The van der Waals surface area contributed by atoms with Crippen LogP contribution in [0, 0.1) is 0 Å². The summed E-state index contributed by atoms with van der Waals surface area (Å²) in [5.41, 5.74) is 0.810. The predicted octanol–water partition coefficient (Wildman–Crippen LogP) is 3.48. The summed E-state index contributed by atoms with van der Waals surface area (Å²) in [6.07, 6.45) is 8.75. The number of benzene rings is 1. The van der Waals surface area contributed by atoms with Crippen molar-refractivity contribution >= 4 is 18.0 Å². The smallest absolute Gasteiger partial charge is 0.408 e. The summed E-state index contributed by atoms with van der Waals surface area (Å²) >= 11 is 0. The number of amides is 4. The first-order chi connectivity index (χ1) is 15.6. The molecule has 1 aromatic carbocycles. The number of rotatable bonds is 7. The van der Waals surface area contributed by atoms with E-state index in [1.165, 1.54) is 11.3 Å². The Morgan fingerprint density at radius 2 is 1.59 bits per heavy atom. The van der Waals surface area contributed by atoms with Gasteiger partial charge in [0.2, 0.25) is 0 Å². The number of nitrogens with one attached hydrogen (secondary N) is 2. The van der Waals surface area contributed by atoms with E-state index in [-0.39, 0.29) is 18.7 Å². The average molecular weight is 446 g/mol. The maximum Gasteiger partial charge on any atom is 0.408 e. The van der Waals surface area contributed by atoms with Gasteiger partial charge in [0, 0.05) is 12.1 Å². The first-order valence-electron chi connectivity index (χ1n) is 11.8. The number of urea groups is 1. The minimum atomic E-state index is -1.24. The number of ether oxygens (including phenoxy) is 1. The van der Waals surface area contributed by atoms with Crippen molar-refractivity contribution in [3.05, 3.63) is 35.9 Å². The molecule has 0 aliphatic heterocycles. The molecule has 0 spiro atoms. The highest BCUT2D eigenvalue weighted by atomic mass is 16.5. The average Bonchev–Trinajstić information content (AvgIpc) is 2.83. The summed E-state index contributed by atoms with van der Waals surface area (Å²) in [4.78, 5) is 39.9. The number of carbonyl (C=O) groups is 3. The van der Waals surface area contributed by atoms with Gasteiger partial charge in [0.25, 0.3) is 5.91 Å². The van der Waals surface area contributed by atoms with E-state index >= 15 is 0 Å². The van der Waals surface area contributed by atoms with Crippen LogP contribution in [0.1, 0.15) is 69.8 Å². The minimum Gasteiger partial charge on any atom is -0.445 e. The summed E-state index contributed by atoms with van der Waals surface area (Å²) in [5, 5.41) is 15.3. The Kier molecular flexibility index (Phi) is 9.34. The van der Waals surface area contributed by atoms with Gasteiger partial charge in [-0.3, -0.25) is 9.69 Å². The van der Waals surface area contributed by atoms with Crippen molar-refractivity contribution in [1.82, 2.24) is 15.5 Å². The molecule has 0 saturated heterocycles. The van der Waals surface area contributed by atoms with Crippen LogP contribution in [0.25, 0.3) is 0 Å². The second kappa shape index (κ2) is 12.4. The molecule has 0 heterocycles. The van der Waals surface area contributed by atoms with Crippen molar-refractivity contribution in [3.63, 3.8) is 0 Å². The van der Waals surface area contributed by atoms with Crippen LogP contribution in [0.5, 0.6) is 0 Å². The van der Waals surface area contributed by atoms with Crippen molar-refractivity contribution in [2.45, 2.75) is 88.9 Å². The molecule has 0 bridgehead atoms. The van der Waals surface area contributed by atoms with Crippen LogP contribution in [0.15, 0.2) is 30.3 Å². The molecule has 3 rings (SSSR count). The van der Waals surface area contributed by atoms with Crippen LogP contribution in [0.3, 0.4) is 0 Å². The predicted molar refractivity (Wildman–Crippen MR) is 120 cm³/mol. The van der Waals surface area contributed by atoms with Crippen molar-refractivity contribution < 1.29 is 24.2 Å². The zero-order valence-electron chi connectivity index (χ0n) is 18.6. The van der Waals surface area contributed by atoms with E-state index in [1.54, 1.807) is 0 Å². The molecule has 176 valence electrons. The molecule has 2 aliphatic rings. The molecule has 0 radical (unpaired) electrons. The van der Waals surface area contributed by atoms with Crippen molar-refractivity contribution in [2.75, 3.05) is 6.61 Å². The van der Waals surface area contributed by atoms with E-state index in [1.807, 2.05) is 30.3 Å². The lowest BCUT2D eigenvalue weighted by Gasteiger charge is -2.36. The fourth-order valence-electron chi connectivity index (χ4n) is 4.54. The van der Waals surface area contributed by atoms with E-state index in [0.717, 1.165) is 63.4 Å². The third-order valence-electron chi connectivity index (χ3n) is 6.31. The Hall–Kier alpha value is -2.61. The summed E-state index contributed by atoms with van der Waals surface area (Å²) in [5.74, 6) is -0.593. The van der Waals surface area contributed by atoms with Gasteiger partial charge in [-0.2, -0.15) is 0 Å². The second-order valence-electron chi connectivity index (χ2n) is 8.73. The van der Waals surface area contributed by atoms with Gasteiger partial charge in [0.1, 0.15) is 12.6 Å². The summed E-state index contributed by atoms with van der Waals surface area (Å²) in [6, 6.07) is 7.35. The first kappa shape index (κ1) is 24.0. The highest BCUT2D eigenvalue weighted by Gasteiger charge is 2.36. The fourth-order valence-corrected chi connectivity index (χ4v) is 4.54. The zero-order chi connectivity index (χ0) is 22.8. The molecule has 8 nitrogen and oxygen atoms in total. The molecular weight excluding hydrogens is 410 g/mol. The number of aliphatic hydroxyl groups is 1. The van der Waals surface area contributed by atoms with Gasteiger partial charge in [-0.15, -0.1) is 0 Å². The molecule has 2 aliphatic carbocycles. The van der Waals surface area contributed by atoms with E-state index < -0.39 is 30.7 Å². The van der Waals surface area contributed by atoms with Crippen molar-refractivity contribution in [1.29, 1.82) is 0 Å². The van der Waals surface area contributed by atoms with Gasteiger partial charge in [-0.1, -0.05) is 68.9 Å². The molecule has 8 heteroatoms. The number of hydrogen-bond donors (Lipinski definition) is 3. The normalized spacial score (nSPS) is 18.4. The van der Waals surface area contributed by atoms with Gasteiger partial charge >= 0.3 is 12.1 Å². The number of hydrogen-bond acceptors (Lipinski definition) is 5. The Morgan fingerprint density at radius 3 is 2.22 bits per heavy atom. The summed E-state index contributed by atoms with van der Waals surface area (Å²) < 4.78 is 5.19. The molecule has 3 N–H and O–H groups in total. The zero-order valence-corrected chi connectivity index (χ0v) is 18.6. The molecule has 2 fully saturated rings. The largest absolute Gasteiger partial charge is 0.445 e. The molecule has 1 atom stereocenters. The van der Waals surface area contributed by atoms with Crippen LogP contribution < -0.4 is 10.6 Å². The van der Waals surface area contributed by atoms with E-state index in [0.29, 0.717) is 0 Å². The molecule has 32 heavy (non-hydrogen) atoms. The standard InChI is InChI=1S/C24H35N3O5/c28-16-21(26-24(31)32-17-18-10-4-1-5-11-18)22(29)27(20-14-8-3-9-15-20)23(30)25-19-12-6-2-7-13-19/h1,4-5,10-11,19-21,28H,2-3,6-9,12-17H2,(H,25,30)(H,26,31). The summed E-state index contributed by atoms with van der Waals surface area (Å²) in [7, 11) is 0. The van der Waals surface area contributed by atoms with Crippen LogP contribution in [-0.4, -0.2) is 52.8 Å². The van der Waals surface area contributed by atoms with Crippen LogP contribution in [-0.2, 0) is 16.1 Å². The number of carbonyl (C=O) groups excluding carboxylic acids is 3. The third kappa shape index (κ3) is 6.95.